The van der Waals surface area contributed by atoms with E-state index in [-0.39, 0.29) is 0 Å². The lowest BCUT2D eigenvalue weighted by atomic mass is 10.1. The average molecular weight is 251 g/mol. The number of nitrogens with zero attached hydrogens (tertiary/aromatic N) is 2. The van der Waals surface area contributed by atoms with Crippen LogP contribution in [0.2, 0.25) is 0 Å². The van der Waals surface area contributed by atoms with Gasteiger partial charge < -0.3 is 5.32 Å². The predicted molar refractivity (Wildman–Crippen MR) is 66.1 cm³/mol. The summed E-state index contributed by atoms with van der Waals surface area (Å²) in [6.07, 6.45) is 0. The van der Waals surface area contributed by atoms with Crippen molar-refractivity contribution in [2.24, 2.45) is 7.05 Å². The number of hydrogen-bond acceptors (Lipinski definition) is 2. The van der Waals surface area contributed by atoms with Gasteiger partial charge in [-0.1, -0.05) is 0 Å². The first kappa shape index (κ1) is 12.7. The zero-order valence-electron chi connectivity index (χ0n) is 10.6. The van der Waals surface area contributed by atoms with Crippen LogP contribution in [0.3, 0.4) is 0 Å². The number of halogens is 2. The van der Waals surface area contributed by atoms with Crippen molar-refractivity contribution in [3.8, 4) is 11.3 Å². The quantitative estimate of drug-likeness (QED) is 0.907. The fourth-order valence-electron chi connectivity index (χ4n) is 2.02. The molecular formula is C13H15F2N3. The van der Waals surface area contributed by atoms with E-state index in [0.717, 1.165) is 17.3 Å². The minimum atomic E-state index is -0.591. The van der Waals surface area contributed by atoms with E-state index in [2.05, 4.69) is 10.4 Å². The lowest BCUT2D eigenvalue weighted by Crippen LogP contribution is -2.10. The average Bonchev–Trinajstić information content (AvgIpc) is 2.58. The van der Waals surface area contributed by atoms with E-state index in [9.17, 15) is 8.78 Å². The third-order valence-corrected chi connectivity index (χ3v) is 2.96. The Kier molecular flexibility index (Phi) is 3.43. The molecule has 0 saturated carbocycles. The first-order chi connectivity index (χ1) is 8.54. The van der Waals surface area contributed by atoms with Crippen LogP contribution < -0.4 is 5.32 Å². The van der Waals surface area contributed by atoms with Crippen molar-refractivity contribution in [3.05, 3.63) is 41.1 Å². The van der Waals surface area contributed by atoms with Gasteiger partial charge in [0.2, 0.25) is 0 Å². The second-order valence-electron chi connectivity index (χ2n) is 4.20. The van der Waals surface area contributed by atoms with Gasteiger partial charge in [0.05, 0.1) is 11.4 Å². The SMILES string of the molecule is CNCc1c(C)c(-c2ccc(F)cc2F)nn1C. The smallest absolute Gasteiger partial charge is 0.135 e. The highest BCUT2D eigenvalue weighted by molar-refractivity contribution is 5.64. The summed E-state index contributed by atoms with van der Waals surface area (Å²) in [4.78, 5) is 0. The minimum Gasteiger partial charge on any atom is -0.314 e. The zero-order chi connectivity index (χ0) is 13.3. The number of hydrogen-bond donors (Lipinski definition) is 1. The normalized spacial score (nSPS) is 10.9. The molecule has 0 atom stereocenters. The number of nitrogens with one attached hydrogen (secondary N) is 1. The Morgan fingerprint density at radius 3 is 2.67 bits per heavy atom. The van der Waals surface area contributed by atoms with Crippen LogP contribution in [0.25, 0.3) is 11.3 Å². The van der Waals surface area contributed by atoms with Crippen molar-refractivity contribution < 1.29 is 8.78 Å². The molecule has 1 heterocycles. The Hall–Kier alpha value is -1.75. The standard InChI is InChI=1S/C13H15F2N3/c1-8-12(7-16-2)18(3)17-13(8)10-5-4-9(14)6-11(10)15/h4-6,16H,7H2,1-3H3. The molecule has 0 bridgehead atoms. The fraction of sp³-hybridized carbons (Fsp3) is 0.308. The highest BCUT2D eigenvalue weighted by Gasteiger charge is 2.16. The van der Waals surface area contributed by atoms with E-state index < -0.39 is 11.6 Å². The third-order valence-electron chi connectivity index (χ3n) is 2.96. The molecule has 0 aliphatic heterocycles. The molecule has 0 saturated heterocycles. The molecule has 3 nitrogen and oxygen atoms in total. The molecule has 0 unspecified atom stereocenters. The minimum absolute atomic E-state index is 0.326. The van der Waals surface area contributed by atoms with Gasteiger partial charge in [-0.05, 0) is 31.7 Å². The molecule has 96 valence electrons. The number of benzene rings is 1. The molecule has 2 rings (SSSR count). The topological polar surface area (TPSA) is 29.9 Å². The number of aryl methyl sites for hydroxylation is 1. The van der Waals surface area contributed by atoms with Crippen LogP contribution >= 0.6 is 0 Å². The van der Waals surface area contributed by atoms with E-state index in [0.29, 0.717) is 17.8 Å². The van der Waals surface area contributed by atoms with Crippen LogP contribution in [0, 0.1) is 18.6 Å². The van der Waals surface area contributed by atoms with Crippen LogP contribution in [0.5, 0.6) is 0 Å². The molecular weight excluding hydrogens is 236 g/mol. The van der Waals surface area contributed by atoms with Gasteiger partial charge in [-0.2, -0.15) is 5.10 Å². The van der Waals surface area contributed by atoms with Gasteiger partial charge in [0.1, 0.15) is 11.6 Å². The molecule has 2 aromatic rings. The lowest BCUT2D eigenvalue weighted by Gasteiger charge is -2.02. The summed E-state index contributed by atoms with van der Waals surface area (Å²) < 4.78 is 28.3. The molecule has 0 spiro atoms. The monoisotopic (exact) mass is 251 g/mol. The van der Waals surface area contributed by atoms with Crippen LogP contribution in [-0.4, -0.2) is 16.8 Å². The van der Waals surface area contributed by atoms with Crippen molar-refractivity contribution in [3.63, 3.8) is 0 Å². The summed E-state index contributed by atoms with van der Waals surface area (Å²) in [5.74, 6) is -1.17. The molecule has 0 fully saturated rings. The molecule has 18 heavy (non-hydrogen) atoms. The molecule has 1 aromatic heterocycles. The molecule has 0 aliphatic rings. The van der Waals surface area contributed by atoms with Crippen LogP contribution in [0.15, 0.2) is 18.2 Å². The Morgan fingerprint density at radius 2 is 2.06 bits per heavy atom. The summed E-state index contributed by atoms with van der Waals surface area (Å²) >= 11 is 0. The summed E-state index contributed by atoms with van der Waals surface area (Å²) in [7, 11) is 3.65. The van der Waals surface area contributed by atoms with Gasteiger partial charge >= 0.3 is 0 Å². The Balaban J connectivity index is 2.54. The highest BCUT2D eigenvalue weighted by Crippen LogP contribution is 2.27. The maximum absolute atomic E-state index is 13.7. The van der Waals surface area contributed by atoms with Crippen molar-refractivity contribution in [1.82, 2.24) is 15.1 Å². The van der Waals surface area contributed by atoms with Crippen molar-refractivity contribution in [1.29, 1.82) is 0 Å². The molecule has 0 amide bonds. The van der Waals surface area contributed by atoms with Gasteiger partial charge in [-0.3, -0.25) is 4.68 Å². The number of aromatic nitrogens is 2. The third kappa shape index (κ3) is 2.13. The second-order valence-corrected chi connectivity index (χ2v) is 4.20. The largest absolute Gasteiger partial charge is 0.314 e. The van der Waals surface area contributed by atoms with Gasteiger partial charge in [0.25, 0.3) is 0 Å². The van der Waals surface area contributed by atoms with Crippen molar-refractivity contribution >= 4 is 0 Å². The van der Waals surface area contributed by atoms with Gasteiger partial charge in [-0.25, -0.2) is 8.78 Å². The second kappa shape index (κ2) is 4.86. The van der Waals surface area contributed by atoms with Gasteiger partial charge in [0.15, 0.2) is 0 Å². The molecule has 0 radical (unpaired) electrons. The molecule has 0 aliphatic carbocycles. The predicted octanol–water partition coefficient (Wildman–Crippen LogP) is 2.39. The Labute approximate surface area is 104 Å². The van der Waals surface area contributed by atoms with E-state index in [1.165, 1.54) is 12.1 Å². The first-order valence-electron chi connectivity index (χ1n) is 5.67. The summed E-state index contributed by atoms with van der Waals surface area (Å²) in [5.41, 5.74) is 2.76. The van der Waals surface area contributed by atoms with Crippen LogP contribution in [0.4, 0.5) is 8.78 Å². The highest BCUT2D eigenvalue weighted by atomic mass is 19.1. The molecule has 1 aromatic carbocycles. The van der Waals surface area contributed by atoms with E-state index in [1.807, 2.05) is 21.0 Å². The Morgan fingerprint density at radius 1 is 1.33 bits per heavy atom. The molecule has 1 N–H and O–H groups in total. The van der Waals surface area contributed by atoms with Gasteiger partial charge in [-0.15, -0.1) is 0 Å². The maximum Gasteiger partial charge on any atom is 0.135 e. The number of rotatable bonds is 3. The van der Waals surface area contributed by atoms with E-state index in [4.69, 9.17) is 0 Å². The molecule has 5 heteroatoms. The fourth-order valence-corrected chi connectivity index (χ4v) is 2.02. The van der Waals surface area contributed by atoms with Crippen LogP contribution in [0.1, 0.15) is 11.3 Å². The summed E-state index contributed by atoms with van der Waals surface area (Å²) in [6.45, 7) is 2.54. The van der Waals surface area contributed by atoms with Crippen LogP contribution in [-0.2, 0) is 13.6 Å². The van der Waals surface area contributed by atoms with Gasteiger partial charge in [0, 0.05) is 25.2 Å². The maximum atomic E-state index is 13.7. The van der Waals surface area contributed by atoms with Crippen molar-refractivity contribution in [2.45, 2.75) is 13.5 Å². The Bertz CT molecular complexity index is 576. The lowest BCUT2D eigenvalue weighted by molar-refractivity contribution is 0.585. The summed E-state index contributed by atoms with van der Waals surface area (Å²) in [6, 6.07) is 3.54. The van der Waals surface area contributed by atoms with E-state index in [1.54, 1.807) is 4.68 Å². The van der Waals surface area contributed by atoms with E-state index >= 15 is 0 Å². The first-order valence-corrected chi connectivity index (χ1v) is 5.67. The zero-order valence-corrected chi connectivity index (χ0v) is 10.6. The summed E-state index contributed by atoms with van der Waals surface area (Å²) in [5, 5.41) is 7.34. The van der Waals surface area contributed by atoms with Crippen molar-refractivity contribution in [2.75, 3.05) is 7.05 Å².